The summed E-state index contributed by atoms with van der Waals surface area (Å²) >= 11 is 0. The molecule has 8 heteroatoms. The standard InChI is InChI=1S/C24H18N6O2/c1-32-18-7-5-17(6-8-18)29-22-21-19-11-16(4-9-20(19)30-23(21)28-14-27-22)24(31)26-13-15-3-2-10-25-12-15/h2-14H,1H3,(H2,27,28,29,30). The molecule has 2 aromatic carbocycles. The number of fused-ring (bicyclic) bond motifs is 3. The zero-order valence-corrected chi connectivity index (χ0v) is 17.1. The Morgan fingerprint density at radius 1 is 1.12 bits per heavy atom. The lowest BCUT2D eigenvalue weighted by atomic mass is 10.1. The van der Waals surface area contributed by atoms with Crippen LogP contribution >= 0.6 is 0 Å². The Morgan fingerprint density at radius 2 is 2.00 bits per heavy atom. The highest BCUT2D eigenvalue weighted by atomic mass is 16.5. The zero-order chi connectivity index (χ0) is 21.9. The van der Waals surface area contributed by atoms with Crippen LogP contribution in [0.25, 0.3) is 21.9 Å². The molecule has 0 fully saturated rings. The number of methoxy groups -OCH3 is 1. The highest BCUT2D eigenvalue weighted by Gasteiger charge is 2.14. The number of aromatic nitrogens is 4. The van der Waals surface area contributed by atoms with Crippen molar-refractivity contribution in [2.24, 2.45) is 4.99 Å². The van der Waals surface area contributed by atoms with Gasteiger partial charge in [0.2, 0.25) is 0 Å². The molecule has 32 heavy (non-hydrogen) atoms. The van der Waals surface area contributed by atoms with Crippen molar-refractivity contribution in [1.29, 1.82) is 0 Å². The number of pyridine rings is 1. The number of rotatable bonds is 5. The molecular weight excluding hydrogens is 404 g/mol. The molecule has 3 heterocycles. The predicted octanol–water partition coefficient (Wildman–Crippen LogP) is 4.52. The van der Waals surface area contributed by atoms with Crippen LogP contribution in [-0.4, -0.2) is 39.2 Å². The number of H-pyrrole nitrogens is 1. The Morgan fingerprint density at radius 3 is 2.78 bits per heavy atom. The first-order chi connectivity index (χ1) is 15.7. The molecular formula is C24H18N6O2. The van der Waals surface area contributed by atoms with Crippen LogP contribution in [0.4, 0.5) is 11.5 Å². The summed E-state index contributed by atoms with van der Waals surface area (Å²) in [5.41, 5.74) is 3.61. The zero-order valence-electron chi connectivity index (χ0n) is 17.1. The van der Waals surface area contributed by atoms with E-state index in [1.165, 1.54) is 12.5 Å². The fourth-order valence-corrected chi connectivity index (χ4v) is 3.42. The third-order valence-electron chi connectivity index (χ3n) is 5.00. The quantitative estimate of drug-likeness (QED) is 0.404. The van der Waals surface area contributed by atoms with Gasteiger partial charge in [-0.2, -0.15) is 0 Å². The van der Waals surface area contributed by atoms with Crippen molar-refractivity contribution in [3.8, 4) is 5.75 Å². The van der Waals surface area contributed by atoms with E-state index in [1.54, 1.807) is 37.7 Å². The number of carbonyl (C=O) groups is 1. The molecule has 5 rings (SSSR count). The molecule has 0 radical (unpaired) electrons. The van der Waals surface area contributed by atoms with Gasteiger partial charge < -0.3 is 15.0 Å². The lowest BCUT2D eigenvalue weighted by molar-refractivity contribution is 0.100. The van der Waals surface area contributed by atoms with E-state index in [1.807, 2.05) is 36.4 Å². The molecule has 3 aromatic heterocycles. The van der Waals surface area contributed by atoms with Crippen molar-refractivity contribution >= 4 is 45.6 Å². The third-order valence-corrected chi connectivity index (χ3v) is 5.00. The molecule has 8 nitrogen and oxygen atoms in total. The van der Waals surface area contributed by atoms with Gasteiger partial charge in [-0.3, -0.25) is 9.78 Å². The van der Waals surface area contributed by atoms with Crippen LogP contribution in [0, 0.1) is 0 Å². The molecule has 0 spiro atoms. The van der Waals surface area contributed by atoms with Crippen molar-refractivity contribution in [2.75, 3.05) is 12.4 Å². The maximum atomic E-state index is 12.7. The average Bonchev–Trinajstić information content (AvgIpc) is 3.22. The second kappa shape index (κ2) is 8.27. The van der Waals surface area contributed by atoms with Gasteiger partial charge in [0, 0.05) is 46.3 Å². The van der Waals surface area contributed by atoms with E-state index in [0.717, 1.165) is 33.3 Å². The minimum absolute atomic E-state index is 0.341. The molecule has 2 N–H and O–H groups in total. The van der Waals surface area contributed by atoms with Crippen LogP contribution < -0.4 is 10.1 Å². The van der Waals surface area contributed by atoms with E-state index < -0.39 is 0 Å². The normalized spacial score (nSPS) is 11.3. The average molecular weight is 422 g/mol. The largest absolute Gasteiger partial charge is 0.497 e. The summed E-state index contributed by atoms with van der Waals surface area (Å²) in [5, 5.41) is 4.95. The number of nitrogens with one attached hydrogen (secondary N) is 2. The van der Waals surface area contributed by atoms with Crippen LogP contribution in [0.1, 0.15) is 15.9 Å². The number of nitrogens with zero attached hydrogens (tertiary/aromatic N) is 4. The number of carbonyl (C=O) groups excluding carboxylic acids is 1. The van der Waals surface area contributed by atoms with Crippen LogP contribution in [0.5, 0.6) is 5.75 Å². The van der Waals surface area contributed by atoms with Crippen molar-refractivity contribution in [3.63, 3.8) is 0 Å². The van der Waals surface area contributed by atoms with Gasteiger partial charge in [0.15, 0.2) is 0 Å². The molecule has 0 aliphatic heterocycles. The monoisotopic (exact) mass is 422 g/mol. The van der Waals surface area contributed by atoms with E-state index in [0.29, 0.717) is 17.0 Å². The van der Waals surface area contributed by atoms with Crippen LogP contribution in [0.15, 0.2) is 78.3 Å². The van der Waals surface area contributed by atoms with Gasteiger partial charge in [-0.25, -0.2) is 15.0 Å². The minimum Gasteiger partial charge on any atom is -0.497 e. The Bertz CT molecular complexity index is 1440. The maximum Gasteiger partial charge on any atom is 0.276 e. The summed E-state index contributed by atoms with van der Waals surface area (Å²) in [5.74, 6) is 1.06. The number of anilines is 2. The van der Waals surface area contributed by atoms with Crippen LogP contribution in [0.2, 0.25) is 0 Å². The Hall–Kier alpha value is -4.59. The van der Waals surface area contributed by atoms with Gasteiger partial charge in [-0.05, 0) is 48.5 Å². The Labute approximate surface area is 183 Å². The maximum absolute atomic E-state index is 12.7. The summed E-state index contributed by atoms with van der Waals surface area (Å²) in [7, 11) is 1.63. The van der Waals surface area contributed by atoms with E-state index in [4.69, 9.17) is 4.74 Å². The SMILES string of the molecule is COc1ccc(Nc2ncnc3[nH]c4ccc(C(=O)N=Cc5cccnc5)cc4c23)cc1. The van der Waals surface area contributed by atoms with Gasteiger partial charge in [-0.1, -0.05) is 6.07 Å². The fraction of sp³-hybridized carbons (Fsp3) is 0.0417. The molecule has 0 saturated carbocycles. The van der Waals surface area contributed by atoms with Crippen molar-refractivity contribution in [3.05, 3.63) is 84.4 Å². The lowest BCUT2D eigenvalue weighted by Crippen LogP contribution is -1.97. The van der Waals surface area contributed by atoms with Gasteiger partial charge in [-0.15, -0.1) is 0 Å². The highest BCUT2D eigenvalue weighted by molar-refractivity contribution is 6.14. The molecule has 0 bridgehead atoms. The topological polar surface area (TPSA) is 105 Å². The minimum atomic E-state index is -0.341. The smallest absolute Gasteiger partial charge is 0.276 e. The Kier molecular flexibility index (Phi) is 5.01. The number of benzene rings is 2. The number of aliphatic imine (C=N–C) groups is 1. The molecule has 1 amide bonds. The van der Waals surface area contributed by atoms with E-state index in [9.17, 15) is 4.79 Å². The first-order valence-corrected chi connectivity index (χ1v) is 9.87. The molecule has 156 valence electrons. The van der Waals surface area contributed by atoms with Gasteiger partial charge in [0.1, 0.15) is 23.5 Å². The lowest BCUT2D eigenvalue weighted by Gasteiger charge is -2.08. The summed E-state index contributed by atoms with van der Waals surface area (Å²) < 4.78 is 5.21. The molecule has 0 unspecified atom stereocenters. The number of hydrogen-bond donors (Lipinski definition) is 2. The van der Waals surface area contributed by atoms with Crippen molar-refractivity contribution < 1.29 is 9.53 Å². The van der Waals surface area contributed by atoms with Gasteiger partial charge in [0.25, 0.3) is 5.91 Å². The summed E-state index contributed by atoms with van der Waals surface area (Å²) in [6, 6.07) is 16.6. The second-order valence-corrected chi connectivity index (χ2v) is 7.03. The first-order valence-electron chi connectivity index (χ1n) is 9.87. The summed E-state index contributed by atoms with van der Waals surface area (Å²) in [6.07, 6.45) is 6.32. The van der Waals surface area contributed by atoms with Gasteiger partial charge >= 0.3 is 0 Å². The van der Waals surface area contributed by atoms with Gasteiger partial charge in [0.05, 0.1) is 12.5 Å². The molecule has 5 aromatic rings. The molecule has 0 saturated heterocycles. The van der Waals surface area contributed by atoms with E-state index in [2.05, 4.69) is 30.2 Å². The van der Waals surface area contributed by atoms with Crippen LogP contribution in [0.3, 0.4) is 0 Å². The summed E-state index contributed by atoms with van der Waals surface area (Å²) in [6.45, 7) is 0. The fourth-order valence-electron chi connectivity index (χ4n) is 3.42. The van der Waals surface area contributed by atoms with E-state index >= 15 is 0 Å². The number of amides is 1. The first kappa shape index (κ1) is 19.4. The molecule has 0 atom stereocenters. The second-order valence-electron chi connectivity index (χ2n) is 7.03. The van der Waals surface area contributed by atoms with Crippen molar-refractivity contribution in [2.45, 2.75) is 0 Å². The Balaban J connectivity index is 1.52. The number of hydrogen-bond acceptors (Lipinski definition) is 6. The third kappa shape index (κ3) is 3.77. The predicted molar refractivity (Wildman–Crippen MR) is 124 cm³/mol. The number of aromatic amines is 1. The molecule has 0 aliphatic rings. The number of ether oxygens (including phenoxy) is 1. The highest BCUT2D eigenvalue weighted by Crippen LogP contribution is 2.31. The van der Waals surface area contributed by atoms with Crippen LogP contribution in [-0.2, 0) is 0 Å². The summed E-state index contributed by atoms with van der Waals surface area (Å²) in [4.78, 5) is 32.8. The van der Waals surface area contributed by atoms with Crippen molar-refractivity contribution in [1.82, 2.24) is 19.9 Å². The van der Waals surface area contributed by atoms with E-state index in [-0.39, 0.29) is 5.91 Å². The molecule has 0 aliphatic carbocycles.